The number of hydrogen-bond donors (Lipinski definition) is 1. The Labute approximate surface area is 110 Å². The molecule has 2 N–H and O–H groups in total. The van der Waals surface area contributed by atoms with E-state index < -0.39 is 0 Å². The van der Waals surface area contributed by atoms with Crippen molar-refractivity contribution >= 4 is 11.3 Å². The fraction of sp³-hybridized carbons (Fsp3) is 0.714. The molecule has 0 radical (unpaired) electrons. The van der Waals surface area contributed by atoms with E-state index in [9.17, 15) is 0 Å². The summed E-state index contributed by atoms with van der Waals surface area (Å²) in [5, 5.41) is 2.15. The van der Waals surface area contributed by atoms with Gasteiger partial charge in [0.25, 0.3) is 0 Å². The topological polar surface area (TPSA) is 29.3 Å². The van der Waals surface area contributed by atoms with Crippen molar-refractivity contribution in [1.29, 1.82) is 0 Å². The number of hydrogen-bond acceptors (Lipinski definition) is 3. The molecule has 0 spiro atoms. The molecule has 0 amide bonds. The Hall–Kier alpha value is -0.380. The zero-order valence-corrected chi connectivity index (χ0v) is 12.0. The largest absolute Gasteiger partial charge is 0.330 e. The van der Waals surface area contributed by atoms with Crippen LogP contribution < -0.4 is 5.73 Å². The van der Waals surface area contributed by atoms with E-state index in [2.05, 4.69) is 36.4 Å². The van der Waals surface area contributed by atoms with Gasteiger partial charge in [-0.25, -0.2) is 0 Å². The van der Waals surface area contributed by atoms with Gasteiger partial charge >= 0.3 is 0 Å². The van der Waals surface area contributed by atoms with Crippen LogP contribution in [-0.4, -0.2) is 25.0 Å². The molecule has 1 atom stereocenters. The maximum atomic E-state index is 5.62. The summed E-state index contributed by atoms with van der Waals surface area (Å²) in [6.45, 7) is 5.39. The lowest BCUT2D eigenvalue weighted by Crippen LogP contribution is -2.19. The second-order valence-electron chi connectivity index (χ2n) is 4.81. The highest BCUT2D eigenvalue weighted by Gasteiger charge is 2.06. The Morgan fingerprint density at radius 1 is 1.41 bits per heavy atom. The zero-order chi connectivity index (χ0) is 12.5. The summed E-state index contributed by atoms with van der Waals surface area (Å²) in [5.74, 6) is 0.829. The van der Waals surface area contributed by atoms with Crippen molar-refractivity contribution in [3.63, 3.8) is 0 Å². The van der Waals surface area contributed by atoms with Gasteiger partial charge in [0.15, 0.2) is 0 Å². The maximum absolute atomic E-state index is 5.62. The fourth-order valence-corrected chi connectivity index (χ4v) is 2.97. The average Bonchev–Trinajstić information content (AvgIpc) is 2.80. The molecule has 0 fully saturated rings. The van der Waals surface area contributed by atoms with Crippen LogP contribution in [0.4, 0.5) is 0 Å². The standard InChI is InChI=1S/C14H26N2S/c1-3-13(8-9-15)6-4-10-16(2)12-14-7-5-11-17-14/h5,7,11,13H,3-4,6,8-10,12,15H2,1-2H3. The Balaban J connectivity index is 2.13. The minimum Gasteiger partial charge on any atom is -0.330 e. The molecule has 0 aliphatic carbocycles. The quantitative estimate of drug-likeness (QED) is 0.732. The summed E-state index contributed by atoms with van der Waals surface area (Å²) in [6, 6.07) is 4.34. The van der Waals surface area contributed by atoms with E-state index in [1.165, 1.54) is 37.1 Å². The van der Waals surface area contributed by atoms with Crippen LogP contribution in [-0.2, 0) is 6.54 Å². The lowest BCUT2D eigenvalue weighted by molar-refractivity contribution is 0.302. The zero-order valence-electron chi connectivity index (χ0n) is 11.2. The Morgan fingerprint density at radius 2 is 2.24 bits per heavy atom. The molecule has 1 heterocycles. The summed E-state index contributed by atoms with van der Waals surface area (Å²) in [7, 11) is 2.21. The van der Waals surface area contributed by atoms with E-state index in [0.29, 0.717) is 0 Å². The maximum Gasteiger partial charge on any atom is 0.0324 e. The van der Waals surface area contributed by atoms with Crippen LogP contribution in [0.25, 0.3) is 0 Å². The third-order valence-corrected chi connectivity index (χ3v) is 4.17. The monoisotopic (exact) mass is 254 g/mol. The highest BCUT2D eigenvalue weighted by molar-refractivity contribution is 7.09. The molecule has 0 saturated carbocycles. The van der Waals surface area contributed by atoms with Crippen LogP contribution in [0.1, 0.15) is 37.5 Å². The predicted molar refractivity (Wildman–Crippen MR) is 77.3 cm³/mol. The average molecular weight is 254 g/mol. The smallest absolute Gasteiger partial charge is 0.0324 e. The highest BCUT2D eigenvalue weighted by atomic mass is 32.1. The molecule has 98 valence electrons. The molecule has 3 heteroatoms. The van der Waals surface area contributed by atoms with Crippen LogP contribution in [0.2, 0.25) is 0 Å². The van der Waals surface area contributed by atoms with Gasteiger partial charge in [-0.15, -0.1) is 11.3 Å². The molecule has 0 aromatic carbocycles. The van der Waals surface area contributed by atoms with Gasteiger partial charge in [0, 0.05) is 11.4 Å². The van der Waals surface area contributed by atoms with Crippen LogP contribution in [0, 0.1) is 5.92 Å². The molecule has 2 nitrogen and oxygen atoms in total. The van der Waals surface area contributed by atoms with Gasteiger partial charge in [0.2, 0.25) is 0 Å². The van der Waals surface area contributed by atoms with Gasteiger partial charge in [-0.3, -0.25) is 0 Å². The number of nitrogens with zero attached hydrogens (tertiary/aromatic N) is 1. The Morgan fingerprint density at radius 3 is 2.82 bits per heavy atom. The first-order chi connectivity index (χ1) is 8.26. The van der Waals surface area contributed by atoms with E-state index in [1.807, 2.05) is 11.3 Å². The number of nitrogens with two attached hydrogens (primary N) is 1. The Bertz CT molecular complexity index is 272. The van der Waals surface area contributed by atoms with Crippen LogP contribution in [0.15, 0.2) is 17.5 Å². The first-order valence-corrected chi connectivity index (χ1v) is 7.55. The molecule has 17 heavy (non-hydrogen) atoms. The molecule has 0 aliphatic rings. The van der Waals surface area contributed by atoms with Gasteiger partial charge in [-0.2, -0.15) is 0 Å². The second-order valence-corrected chi connectivity index (χ2v) is 5.84. The second kappa shape index (κ2) is 8.67. The van der Waals surface area contributed by atoms with Crippen molar-refractivity contribution in [2.45, 2.75) is 39.2 Å². The van der Waals surface area contributed by atoms with Crippen molar-refractivity contribution in [3.8, 4) is 0 Å². The molecule has 1 aromatic rings. The van der Waals surface area contributed by atoms with Crippen molar-refractivity contribution < 1.29 is 0 Å². The lowest BCUT2D eigenvalue weighted by atomic mass is 9.97. The fourth-order valence-electron chi connectivity index (χ4n) is 2.19. The van der Waals surface area contributed by atoms with Crippen LogP contribution >= 0.6 is 11.3 Å². The molecule has 0 bridgehead atoms. The third-order valence-electron chi connectivity index (χ3n) is 3.31. The summed E-state index contributed by atoms with van der Waals surface area (Å²) < 4.78 is 0. The van der Waals surface area contributed by atoms with E-state index in [0.717, 1.165) is 19.0 Å². The van der Waals surface area contributed by atoms with Crippen molar-refractivity contribution in [2.24, 2.45) is 11.7 Å². The van der Waals surface area contributed by atoms with E-state index in [4.69, 9.17) is 5.73 Å². The van der Waals surface area contributed by atoms with E-state index in [-0.39, 0.29) is 0 Å². The summed E-state index contributed by atoms with van der Waals surface area (Å²) in [5.41, 5.74) is 5.62. The van der Waals surface area contributed by atoms with Gasteiger partial charge in [0.05, 0.1) is 0 Å². The van der Waals surface area contributed by atoms with Gasteiger partial charge in [0.1, 0.15) is 0 Å². The van der Waals surface area contributed by atoms with Gasteiger partial charge in [-0.1, -0.05) is 19.4 Å². The highest BCUT2D eigenvalue weighted by Crippen LogP contribution is 2.16. The van der Waals surface area contributed by atoms with Gasteiger partial charge < -0.3 is 10.6 Å². The molecule has 0 aliphatic heterocycles. The van der Waals surface area contributed by atoms with Crippen LogP contribution in [0.3, 0.4) is 0 Å². The summed E-state index contributed by atoms with van der Waals surface area (Å²) >= 11 is 1.85. The molecular formula is C14H26N2S. The van der Waals surface area contributed by atoms with E-state index >= 15 is 0 Å². The minimum absolute atomic E-state index is 0.829. The molecule has 1 aromatic heterocycles. The summed E-state index contributed by atoms with van der Waals surface area (Å²) in [6.07, 6.45) is 5.07. The first kappa shape index (κ1) is 14.7. The molecule has 1 rings (SSSR count). The SMILES string of the molecule is CCC(CCN)CCCN(C)Cc1cccs1. The summed E-state index contributed by atoms with van der Waals surface area (Å²) in [4.78, 5) is 3.88. The number of thiophene rings is 1. The van der Waals surface area contributed by atoms with Crippen LogP contribution in [0.5, 0.6) is 0 Å². The van der Waals surface area contributed by atoms with Crippen molar-refractivity contribution in [2.75, 3.05) is 20.1 Å². The third kappa shape index (κ3) is 6.20. The molecular weight excluding hydrogens is 228 g/mol. The van der Waals surface area contributed by atoms with Crippen molar-refractivity contribution in [3.05, 3.63) is 22.4 Å². The number of rotatable bonds is 9. The molecule has 1 unspecified atom stereocenters. The van der Waals surface area contributed by atoms with Crippen molar-refractivity contribution in [1.82, 2.24) is 4.90 Å². The van der Waals surface area contributed by atoms with E-state index in [1.54, 1.807) is 0 Å². The molecule has 0 saturated heterocycles. The van der Waals surface area contributed by atoms with Gasteiger partial charge in [-0.05, 0) is 56.8 Å². The normalized spacial score (nSPS) is 13.2. The Kier molecular flexibility index (Phi) is 7.49. The minimum atomic E-state index is 0.829. The first-order valence-electron chi connectivity index (χ1n) is 6.67. The predicted octanol–water partition coefficient (Wildman–Crippen LogP) is 3.34. The lowest BCUT2D eigenvalue weighted by Gasteiger charge is -2.18.